The van der Waals surface area contributed by atoms with Crippen LogP contribution < -0.4 is 10.6 Å². The van der Waals surface area contributed by atoms with E-state index in [4.69, 9.17) is 0 Å². The average molecular weight is 401 g/mol. The van der Waals surface area contributed by atoms with Gasteiger partial charge in [-0.05, 0) is 36.8 Å². The highest BCUT2D eigenvalue weighted by Crippen LogP contribution is 2.19. The molecule has 2 heterocycles. The normalized spacial score (nSPS) is 10.7. The smallest absolute Gasteiger partial charge is 0.229 e. The molecule has 4 aromatic rings. The highest BCUT2D eigenvalue weighted by Gasteiger charge is 2.11. The average Bonchev–Trinajstić information content (AvgIpc) is 3.16. The predicted molar refractivity (Wildman–Crippen MR) is 112 cm³/mol. The second-order valence-electron chi connectivity index (χ2n) is 6.75. The molecule has 0 spiro atoms. The Morgan fingerprint density at radius 2 is 1.90 bits per heavy atom. The van der Waals surface area contributed by atoms with E-state index in [1.807, 2.05) is 30.3 Å². The van der Waals surface area contributed by atoms with Crippen molar-refractivity contribution in [1.82, 2.24) is 30.3 Å². The molecule has 150 valence electrons. The van der Waals surface area contributed by atoms with Crippen LogP contribution in [0.25, 0.3) is 16.9 Å². The number of carbonyl (C=O) groups is 2. The Morgan fingerprint density at radius 1 is 1.07 bits per heavy atom. The molecule has 0 radical (unpaired) electrons. The third kappa shape index (κ3) is 4.14. The third-order valence-corrected chi connectivity index (χ3v) is 4.41. The predicted octanol–water partition coefficient (Wildman–Crippen LogP) is 2.79. The van der Waals surface area contributed by atoms with E-state index < -0.39 is 0 Å². The Morgan fingerprint density at radius 3 is 2.70 bits per heavy atom. The van der Waals surface area contributed by atoms with E-state index in [-0.39, 0.29) is 11.7 Å². The molecule has 0 unspecified atom stereocenters. The second kappa shape index (κ2) is 8.08. The van der Waals surface area contributed by atoms with Crippen LogP contribution in [-0.4, -0.2) is 36.7 Å². The quantitative estimate of drug-likeness (QED) is 0.477. The lowest BCUT2D eigenvalue weighted by atomic mass is 10.1. The lowest BCUT2D eigenvalue weighted by Crippen LogP contribution is -2.18. The largest absolute Gasteiger partial charge is 0.352 e. The second-order valence-corrected chi connectivity index (χ2v) is 6.75. The summed E-state index contributed by atoms with van der Waals surface area (Å²) in [6.45, 7) is 3.42. The van der Waals surface area contributed by atoms with Gasteiger partial charge in [-0.1, -0.05) is 29.5 Å². The maximum absolute atomic E-state index is 11.6. The van der Waals surface area contributed by atoms with E-state index in [9.17, 15) is 9.59 Å². The monoisotopic (exact) mass is 401 g/mol. The van der Waals surface area contributed by atoms with Crippen LogP contribution in [0, 0.1) is 0 Å². The van der Waals surface area contributed by atoms with Crippen LogP contribution in [0.15, 0.2) is 54.7 Å². The Bertz CT molecular complexity index is 1250. The van der Waals surface area contributed by atoms with Gasteiger partial charge >= 0.3 is 0 Å². The van der Waals surface area contributed by atoms with Crippen LogP contribution in [0.3, 0.4) is 0 Å². The third-order valence-electron chi connectivity index (χ3n) is 4.41. The van der Waals surface area contributed by atoms with Gasteiger partial charge < -0.3 is 10.6 Å². The minimum Gasteiger partial charge on any atom is -0.352 e. The maximum Gasteiger partial charge on any atom is 0.229 e. The Hall–Kier alpha value is -4.14. The van der Waals surface area contributed by atoms with Gasteiger partial charge in [0.05, 0.1) is 11.9 Å². The maximum atomic E-state index is 11.6. The summed E-state index contributed by atoms with van der Waals surface area (Å²) in [5.41, 5.74) is 4.09. The van der Waals surface area contributed by atoms with Crippen LogP contribution in [0.5, 0.6) is 0 Å². The van der Waals surface area contributed by atoms with Crippen molar-refractivity contribution in [1.29, 1.82) is 0 Å². The molecular formula is C21H19N7O2. The van der Waals surface area contributed by atoms with E-state index >= 15 is 0 Å². The number of rotatable bonds is 6. The molecule has 0 saturated heterocycles. The van der Waals surface area contributed by atoms with Crippen molar-refractivity contribution in [3.05, 3.63) is 65.9 Å². The number of Topliss-reactive ketones (excluding diaryl/α,β-unsaturated/α-hetero) is 1. The highest BCUT2D eigenvalue weighted by atomic mass is 16.1. The van der Waals surface area contributed by atoms with Crippen LogP contribution in [-0.2, 0) is 11.3 Å². The molecule has 0 aliphatic heterocycles. The molecule has 2 aromatic carbocycles. The van der Waals surface area contributed by atoms with Crippen molar-refractivity contribution in [2.24, 2.45) is 0 Å². The lowest BCUT2D eigenvalue weighted by molar-refractivity contribution is -0.119. The fourth-order valence-electron chi connectivity index (χ4n) is 2.93. The number of hydrogen-bond acceptors (Lipinski definition) is 7. The minimum absolute atomic E-state index is 0.0172. The van der Waals surface area contributed by atoms with E-state index in [0.717, 1.165) is 11.3 Å². The number of benzene rings is 2. The van der Waals surface area contributed by atoms with Crippen molar-refractivity contribution in [2.45, 2.75) is 20.4 Å². The fraction of sp³-hybridized carbons (Fsp3) is 0.143. The topological polar surface area (TPSA) is 115 Å². The molecule has 0 fully saturated rings. The van der Waals surface area contributed by atoms with Crippen molar-refractivity contribution < 1.29 is 9.59 Å². The molecule has 0 aliphatic rings. The van der Waals surface area contributed by atoms with Gasteiger partial charge in [-0.25, -0.2) is 4.98 Å². The fourth-order valence-corrected chi connectivity index (χ4v) is 2.93. The first-order valence-corrected chi connectivity index (χ1v) is 9.30. The number of ketones is 1. The van der Waals surface area contributed by atoms with Gasteiger partial charge in [0, 0.05) is 24.7 Å². The van der Waals surface area contributed by atoms with Gasteiger partial charge in [0.25, 0.3) is 0 Å². The summed E-state index contributed by atoms with van der Waals surface area (Å²) in [5.74, 6) is 0.251. The molecule has 9 heteroatoms. The molecule has 0 saturated carbocycles. The Kier molecular flexibility index (Phi) is 5.17. The van der Waals surface area contributed by atoms with Crippen LogP contribution in [0.2, 0.25) is 0 Å². The van der Waals surface area contributed by atoms with E-state index in [0.29, 0.717) is 34.9 Å². The molecule has 2 aromatic heterocycles. The molecule has 9 nitrogen and oxygen atoms in total. The number of aromatic nitrogens is 5. The molecule has 0 bridgehead atoms. The van der Waals surface area contributed by atoms with Gasteiger partial charge in [-0.15, -0.1) is 5.10 Å². The van der Waals surface area contributed by atoms with Crippen LogP contribution in [0.1, 0.15) is 29.8 Å². The van der Waals surface area contributed by atoms with Gasteiger partial charge in [-0.2, -0.15) is 9.67 Å². The summed E-state index contributed by atoms with van der Waals surface area (Å²) in [4.78, 5) is 31.6. The summed E-state index contributed by atoms with van der Waals surface area (Å²) in [6.07, 6.45) is 1.59. The first-order valence-electron chi connectivity index (χ1n) is 9.30. The van der Waals surface area contributed by atoms with Gasteiger partial charge in [0.15, 0.2) is 16.9 Å². The zero-order chi connectivity index (χ0) is 21.1. The summed E-state index contributed by atoms with van der Waals surface area (Å²) in [6, 6.07) is 14.7. The van der Waals surface area contributed by atoms with Crippen molar-refractivity contribution in [3.63, 3.8) is 0 Å². The first kappa shape index (κ1) is 19.2. The van der Waals surface area contributed by atoms with Crippen molar-refractivity contribution in [3.8, 4) is 5.69 Å². The number of amides is 1. The molecule has 2 N–H and O–H groups in total. The number of hydrogen-bond donors (Lipinski definition) is 2. The summed E-state index contributed by atoms with van der Waals surface area (Å²) in [7, 11) is 0. The number of nitrogens with one attached hydrogen (secondary N) is 2. The molecule has 0 atom stereocenters. The van der Waals surface area contributed by atoms with Crippen LogP contribution in [0.4, 0.5) is 11.6 Å². The molecule has 30 heavy (non-hydrogen) atoms. The van der Waals surface area contributed by atoms with E-state index in [1.165, 1.54) is 13.8 Å². The Labute approximate surface area is 172 Å². The zero-order valence-electron chi connectivity index (χ0n) is 16.5. The molecule has 1 amide bonds. The number of carbonyl (C=O) groups excluding carboxylic acids is 2. The number of nitrogens with zero attached hydrogens (tertiary/aromatic N) is 5. The van der Waals surface area contributed by atoms with Gasteiger partial charge in [-0.3, -0.25) is 9.59 Å². The molecule has 0 aliphatic carbocycles. The van der Waals surface area contributed by atoms with Crippen LogP contribution >= 0.6 is 0 Å². The lowest BCUT2D eigenvalue weighted by Gasteiger charge is -2.08. The van der Waals surface area contributed by atoms with Crippen molar-refractivity contribution >= 4 is 34.5 Å². The van der Waals surface area contributed by atoms with Gasteiger partial charge in [0.2, 0.25) is 11.9 Å². The highest BCUT2D eigenvalue weighted by molar-refractivity contribution is 5.95. The van der Waals surface area contributed by atoms with E-state index in [1.54, 1.807) is 29.1 Å². The van der Waals surface area contributed by atoms with E-state index in [2.05, 4.69) is 30.9 Å². The zero-order valence-corrected chi connectivity index (χ0v) is 16.5. The minimum atomic E-state index is -0.0936. The van der Waals surface area contributed by atoms with Crippen molar-refractivity contribution in [2.75, 3.05) is 5.32 Å². The molecular weight excluding hydrogens is 382 g/mol. The summed E-state index contributed by atoms with van der Waals surface area (Å²) in [5, 5.41) is 14.2. The van der Waals surface area contributed by atoms with Gasteiger partial charge in [0.1, 0.15) is 0 Å². The molecule has 4 rings (SSSR count). The summed E-state index contributed by atoms with van der Waals surface area (Å²) < 4.78 is 1.62. The standard InChI is InChI=1S/C21H19N7O2/c1-13(29)16-6-4-7-17(10-16)24-21-23-12-19-20(25-21)28(27-26-19)18-8-3-5-15(9-18)11-22-14(2)30/h3-10,12H,11H2,1-2H3,(H,22,30)(H,23,24,25). The first-order chi connectivity index (χ1) is 14.5. The Balaban J connectivity index is 1.65. The number of fused-ring (bicyclic) bond motifs is 1. The summed E-state index contributed by atoms with van der Waals surface area (Å²) >= 11 is 0. The SMILES string of the molecule is CC(=O)NCc1cccc(-n2nnc3cnc(Nc4cccc(C(C)=O)c4)nc32)c1. The number of anilines is 2.